The Hall–Kier alpha value is -0.570. The molecule has 3 heteroatoms. The molecular formula is C11H22N2O. The number of carbonyl (C=O) groups excluding carboxylic acids is 1. The van der Waals surface area contributed by atoms with Crippen LogP contribution in [0.25, 0.3) is 0 Å². The van der Waals surface area contributed by atoms with E-state index in [1.165, 1.54) is 19.3 Å². The van der Waals surface area contributed by atoms with Crippen LogP contribution in [0.5, 0.6) is 0 Å². The average Bonchev–Trinajstić information content (AvgIpc) is 2.10. The highest BCUT2D eigenvalue weighted by atomic mass is 16.1. The molecule has 0 saturated carbocycles. The summed E-state index contributed by atoms with van der Waals surface area (Å²) in [6.07, 6.45) is 6.53. The van der Waals surface area contributed by atoms with Crippen LogP contribution in [0.4, 0.5) is 0 Å². The van der Waals surface area contributed by atoms with Gasteiger partial charge in [0, 0.05) is 19.0 Å². The first kappa shape index (κ1) is 11.5. The third-order valence-corrected chi connectivity index (χ3v) is 2.64. The smallest absolute Gasteiger partial charge is 0.220 e. The number of hydrogen-bond donors (Lipinski definition) is 2. The van der Waals surface area contributed by atoms with Crippen molar-refractivity contribution in [2.24, 2.45) is 0 Å². The molecule has 0 unspecified atom stereocenters. The lowest BCUT2D eigenvalue weighted by atomic mass is 10.1. The molecule has 1 heterocycles. The molecule has 0 aromatic heterocycles. The second-order valence-corrected chi connectivity index (χ2v) is 4.07. The molecule has 3 nitrogen and oxygen atoms in total. The summed E-state index contributed by atoms with van der Waals surface area (Å²) < 4.78 is 0. The van der Waals surface area contributed by atoms with Crippen LogP contribution in [0.15, 0.2) is 0 Å². The fourth-order valence-electron chi connectivity index (χ4n) is 1.85. The Balaban J connectivity index is 2.22. The maximum atomic E-state index is 11.4. The fourth-order valence-corrected chi connectivity index (χ4v) is 1.85. The predicted octanol–water partition coefficient (Wildman–Crippen LogP) is 1.43. The minimum atomic E-state index is 0.208. The highest BCUT2D eigenvalue weighted by Gasteiger charge is 2.12. The van der Waals surface area contributed by atoms with Gasteiger partial charge in [0.2, 0.25) is 5.91 Å². The van der Waals surface area contributed by atoms with E-state index in [0.29, 0.717) is 12.5 Å². The highest BCUT2D eigenvalue weighted by Crippen LogP contribution is 2.06. The van der Waals surface area contributed by atoms with Crippen molar-refractivity contribution < 1.29 is 4.79 Å². The molecule has 1 rings (SSSR count). The zero-order valence-electron chi connectivity index (χ0n) is 9.14. The fraction of sp³-hybridized carbons (Fsp3) is 0.909. The van der Waals surface area contributed by atoms with Crippen molar-refractivity contribution in [1.82, 2.24) is 10.6 Å². The summed E-state index contributed by atoms with van der Waals surface area (Å²) in [6, 6.07) is 0.356. The van der Waals surface area contributed by atoms with Crippen LogP contribution >= 0.6 is 0 Å². The summed E-state index contributed by atoms with van der Waals surface area (Å²) >= 11 is 0. The van der Waals surface area contributed by atoms with Gasteiger partial charge in [0.15, 0.2) is 0 Å². The van der Waals surface area contributed by atoms with Gasteiger partial charge in [-0.25, -0.2) is 0 Å². The minimum Gasteiger partial charge on any atom is -0.352 e. The van der Waals surface area contributed by atoms with Crippen LogP contribution in [-0.4, -0.2) is 25.0 Å². The number of amides is 1. The topological polar surface area (TPSA) is 41.1 Å². The summed E-state index contributed by atoms with van der Waals surface area (Å²) in [7, 11) is 0. The van der Waals surface area contributed by atoms with E-state index in [0.717, 1.165) is 25.9 Å². The summed E-state index contributed by atoms with van der Waals surface area (Å²) in [5, 5.41) is 6.46. The Morgan fingerprint density at radius 2 is 2.29 bits per heavy atom. The molecule has 1 aliphatic heterocycles. The van der Waals surface area contributed by atoms with Crippen LogP contribution in [0, 0.1) is 0 Å². The SMILES string of the molecule is CCCC(=O)N[C@H]1CCCCCNC1. The first-order valence-corrected chi connectivity index (χ1v) is 5.83. The standard InChI is InChI=1S/C11H22N2O/c1-2-6-11(14)13-10-7-4-3-5-8-12-9-10/h10,12H,2-9H2,1H3,(H,13,14)/t10-/m0/s1. The Kier molecular flexibility index (Phi) is 5.60. The van der Waals surface area contributed by atoms with Crippen LogP contribution in [0.2, 0.25) is 0 Å². The normalized spacial score (nSPS) is 23.6. The van der Waals surface area contributed by atoms with E-state index in [2.05, 4.69) is 10.6 Å². The Bertz CT molecular complexity index is 163. The lowest BCUT2D eigenvalue weighted by molar-refractivity contribution is -0.121. The van der Waals surface area contributed by atoms with Gasteiger partial charge < -0.3 is 10.6 Å². The molecule has 0 aromatic carbocycles. The first-order chi connectivity index (χ1) is 6.83. The lowest BCUT2D eigenvalue weighted by Crippen LogP contribution is -2.43. The maximum absolute atomic E-state index is 11.4. The van der Waals surface area contributed by atoms with Crippen LogP contribution in [0.1, 0.15) is 45.4 Å². The Morgan fingerprint density at radius 1 is 1.43 bits per heavy atom. The van der Waals surface area contributed by atoms with Crippen molar-refractivity contribution >= 4 is 5.91 Å². The van der Waals surface area contributed by atoms with Gasteiger partial charge in [-0.2, -0.15) is 0 Å². The van der Waals surface area contributed by atoms with E-state index in [1.807, 2.05) is 6.92 Å². The van der Waals surface area contributed by atoms with E-state index < -0.39 is 0 Å². The van der Waals surface area contributed by atoms with Crippen molar-refractivity contribution in [3.63, 3.8) is 0 Å². The summed E-state index contributed by atoms with van der Waals surface area (Å²) in [5.41, 5.74) is 0. The molecule has 82 valence electrons. The predicted molar refractivity (Wildman–Crippen MR) is 58.2 cm³/mol. The monoisotopic (exact) mass is 198 g/mol. The molecule has 2 N–H and O–H groups in total. The minimum absolute atomic E-state index is 0.208. The molecule has 0 bridgehead atoms. The first-order valence-electron chi connectivity index (χ1n) is 5.83. The Morgan fingerprint density at radius 3 is 3.07 bits per heavy atom. The van der Waals surface area contributed by atoms with Crippen molar-refractivity contribution in [2.45, 2.75) is 51.5 Å². The van der Waals surface area contributed by atoms with E-state index in [9.17, 15) is 4.79 Å². The molecule has 0 aromatic rings. The van der Waals surface area contributed by atoms with Gasteiger partial charge in [-0.3, -0.25) is 4.79 Å². The molecule has 1 saturated heterocycles. The van der Waals surface area contributed by atoms with E-state index in [4.69, 9.17) is 0 Å². The Labute approximate surface area is 86.6 Å². The second kappa shape index (κ2) is 6.82. The van der Waals surface area contributed by atoms with Gasteiger partial charge in [-0.05, 0) is 25.8 Å². The number of carbonyl (C=O) groups is 1. The van der Waals surface area contributed by atoms with Gasteiger partial charge >= 0.3 is 0 Å². The lowest BCUT2D eigenvalue weighted by Gasteiger charge is -2.21. The molecule has 0 radical (unpaired) electrons. The van der Waals surface area contributed by atoms with Crippen LogP contribution in [0.3, 0.4) is 0 Å². The van der Waals surface area contributed by atoms with Crippen molar-refractivity contribution in [3.8, 4) is 0 Å². The molecule has 0 spiro atoms. The molecule has 14 heavy (non-hydrogen) atoms. The zero-order valence-corrected chi connectivity index (χ0v) is 9.14. The van der Waals surface area contributed by atoms with Gasteiger partial charge in [0.05, 0.1) is 0 Å². The maximum Gasteiger partial charge on any atom is 0.220 e. The summed E-state index contributed by atoms with van der Waals surface area (Å²) in [5.74, 6) is 0.208. The van der Waals surface area contributed by atoms with Gasteiger partial charge in [0.25, 0.3) is 0 Å². The van der Waals surface area contributed by atoms with Gasteiger partial charge in [-0.15, -0.1) is 0 Å². The molecule has 1 fully saturated rings. The van der Waals surface area contributed by atoms with Gasteiger partial charge in [-0.1, -0.05) is 19.8 Å². The number of rotatable bonds is 3. The van der Waals surface area contributed by atoms with Crippen molar-refractivity contribution in [3.05, 3.63) is 0 Å². The van der Waals surface area contributed by atoms with Crippen molar-refractivity contribution in [1.29, 1.82) is 0 Å². The molecule has 1 aliphatic rings. The molecular weight excluding hydrogens is 176 g/mol. The van der Waals surface area contributed by atoms with Gasteiger partial charge in [0.1, 0.15) is 0 Å². The second-order valence-electron chi connectivity index (χ2n) is 4.07. The quantitative estimate of drug-likeness (QED) is 0.720. The molecule has 1 atom stereocenters. The summed E-state index contributed by atoms with van der Waals surface area (Å²) in [6.45, 7) is 4.07. The van der Waals surface area contributed by atoms with Crippen LogP contribution < -0.4 is 10.6 Å². The van der Waals surface area contributed by atoms with E-state index in [-0.39, 0.29) is 5.91 Å². The third kappa shape index (κ3) is 4.61. The highest BCUT2D eigenvalue weighted by molar-refractivity contribution is 5.76. The average molecular weight is 198 g/mol. The van der Waals surface area contributed by atoms with E-state index >= 15 is 0 Å². The van der Waals surface area contributed by atoms with Crippen LogP contribution in [-0.2, 0) is 4.79 Å². The largest absolute Gasteiger partial charge is 0.352 e. The number of hydrogen-bond acceptors (Lipinski definition) is 2. The zero-order chi connectivity index (χ0) is 10.2. The van der Waals surface area contributed by atoms with E-state index in [1.54, 1.807) is 0 Å². The van der Waals surface area contributed by atoms with Crippen molar-refractivity contribution in [2.75, 3.05) is 13.1 Å². The third-order valence-electron chi connectivity index (χ3n) is 2.64. The number of nitrogens with one attached hydrogen (secondary N) is 2. The molecule has 0 aliphatic carbocycles. The molecule has 1 amide bonds. The summed E-state index contributed by atoms with van der Waals surface area (Å²) in [4.78, 5) is 11.4.